The van der Waals surface area contributed by atoms with Gasteiger partial charge in [-0.15, -0.1) is 0 Å². The molecular formula is C16H12BrFN2O2. The first-order chi connectivity index (χ1) is 10.6. The van der Waals surface area contributed by atoms with Gasteiger partial charge in [0.15, 0.2) is 0 Å². The number of anilines is 1. The Balaban J connectivity index is 1.62. The van der Waals surface area contributed by atoms with E-state index in [9.17, 15) is 9.18 Å². The van der Waals surface area contributed by atoms with Crippen molar-refractivity contribution in [1.82, 2.24) is 0 Å². The van der Waals surface area contributed by atoms with Gasteiger partial charge < -0.3 is 10.2 Å². The average molecular weight is 363 g/mol. The third-order valence-electron chi connectivity index (χ3n) is 3.25. The Morgan fingerprint density at radius 3 is 2.55 bits per heavy atom. The van der Waals surface area contributed by atoms with Crippen LogP contribution in [0.3, 0.4) is 0 Å². The van der Waals surface area contributed by atoms with Crippen LogP contribution in [0.15, 0.2) is 58.2 Å². The molecule has 1 atom stereocenters. The number of rotatable bonds is 3. The molecule has 2 aromatic rings. The fraction of sp³-hybridized carbons (Fsp3) is 0.125. The van der Waals surface area contributed by atoms with Crippen molar-refractivity contribution in [2.24, 2.45) is 5.16 Å². The molecule has 22 heavy (non-hydrogen) atoms. The fourth-order valence-corrected chi connectivity index (χ4v) is 2.35. The number of benzene rings is 2. The molecule has 112 valence electrons. The molecule has 0 saturated heterocycles. The summed E-state index contributed by atoms with van der Waals surface area (Å²) in [5, 5.41) is 6.69. The second-order valence-corrected chi connectivity index (χ2v) is 5.75. The quantitative estimate of drug-likeness (QED) is 0.904. The zero-order chi connectivity index (χ0) is 15.5. The molecule has 0 saturated carbocycles. The van der Waals surface area contributed by atoms with Gasteiger partial charge in [-0.05, 0) is 42.0 Å². The molecule has 1 unspecified atom stereocenters. The summed E-state index contributed by atoms with van der Waals surface area (Å²) in [6.07, 6.45) is -0.322. The summed E-state index contributed by atoms with van der Waals surface area (Å²) in [6.45, 7) is 0. The van der Waals surface area contributed by atoms with E-state index in [-0.39, 0.29) is 11.7 Å². The lowest BCUT2D eigenvalue weighted by atomic mass is 10.0. The largest absolute Gasteiger partial charge is 0.382 e. The molecule has 1 aliphatic rings. The maximum Gasteiger partial charge on any atom is 0.268 e. The first-order valence-corrected chi connectivity index (χ1v) is 7.46. The predicted molar refractivity (Wildman–Crippen MR) is 85.2 cm³/mol. The van der Waals surface area contributed by atoms with Crippen LogP contribution < -0.4 is 5.32 Å². The van der Waals surface area contributed by atoms with Crippen LogP contribution in [0.25, 0.3) is 0 Å². The van der Waals surface area contributed by atoms with Crippen molar-refractivity contribution in [1.29, 1.82) is 0 Å². The molecule has 0 fully saturated rings. The Labute approximate surface area is 135 Å². The van der Waals surface area contributed by atoms with E-state index in [4.69, 9.17) is 4.84 Å². The Hall–Kier alpha value is -2.21. The minimum absolute atomic E-state index is 0.261. The number of hydrogen-bond donors (Lipinski definition) is 1. The molecule has 2 aromatic carbocycles. The van der Waals surface area contributed by atoms with Crippen molar-refractivity contribution >= 4 is 33.2 Å². The van der Waals surface area contributed by atoms with Crippen LogP contribution in [0.2, 0.25) is 0 Å². The van der Waals surface area contributed by atoms with Crippen molar-refractivity contribution in [2.45, 2.75) is 12.5 Å². The van der Waals surface area contributed by atoms with Crippen LogP contribution in [0.1, 0.15) is 12.0 Å². The number of carbonyl (C=O) groups excluding carboxylic acids is 1. The van der Waals surface area contributed by atoms with Gasteiger partial charge in [-0.1, -0.05) is 33.2 Å². The average Bonchev–Trinajstić information content (AvgIpc) is 3.00. The zero-order valence-electron chi connectivity index (χ0n) is 11.4. The van der Waals surface area contributed by atoms with E-state index in [0.29, 0.717) is 17.8 Å². The van der Waals surface area contributed by atoms with E-state index >= 15 is 0 Å². The minimum atomic E-state index is -0.677. The van der Waals surface area contributed by atoms with E-state index < -0.39 is 6.10 Å². The number of oxime groups is 1. The number of nitrogens with zero attached hydrogens (tertiary/aromatic N) is 1. The van der Waals surface area contributed by atoms with Gasteiger partial charge in [0.05, 0.1) is 5.71 Å². The molecule has 0 radical (unpaired) electrons. The maximum absolute atomic E-state index is 12.9. The molecule has 1 aliphatic heterocycles. The Morgan fingerprint density at radius 2 is 1.86 bits per heavy atom. The summed E-state index contributed by atoms with van der Waals surface area (Å²) in [5.74, 6) is -0.573. The summed E-state index contributed by atoms with van der Waals surface area (Å²) < 4.78 is 13.8. The topological polar surface area (TPSA) is 50.7 Å². The summed E-state index contributed by atoms with van der Waals surface area (Å²) in [4.78, 5) is 17.3. The number of nitrogens with one attached hydrogen (secondary N) is 1. The summed E-state index contributed by atoms with van der Waals surface area (Å²) in [7, 11) is 0. The van der Waals surface area contributed by atoms with Crippen LogP contribution in [0, 0.1) is 5.82 Å². The Kier molecular flexibility index (Phi) is 4.20. The predicted octanol–water partition coefficient (Wildman–Crippen LogP) is 3.72. The van der Waals surface area contributed by atoms with Crippen molar-refractivity contribution in [2.75, 3.05) is 5.32 Å². The second kappa shape index (κ2) is 6.27. The lowest BCUT2D eigenvalue weighted by Gasteiger charge is -2.09. The van der Waals surface area contributed by atoms with E-state index in [1.807, 2.05) is 12.1 Å². The standard InChI is InChI=1S/C16H12BrFN2O2/c17-11-3-7-13(8-4-11)19-16(21)15-9-14(20-22-15)10-1-5-12(18)6-2-10/h1-8,15H,9H2,(H,19,21). The van der Waals surface area contributed by atoms with Gasteiger partial charge >= 0.3 is 0 Å². The minimum Gasteiger partial charge on any atom is -0.382 e. The summed E-state index contributed by atoms with van der Waals surface area (Å²) in [5.41, 5.74) is 2.07. The fourth-order valence-electron chi connectivity index (χ4n) is 2.09. The highest BCUT2D eigenvalue weighted by Crippen LogP contribution is 2.19. The smallest absolute Gasteiger partial charge is 0.268 e. The zero-order valence-corrected chi connectivity index (χ0v) is 13.0. The monoisotopic (exact) mass is 362 g/mol. The van der Waals surface area contributed by atoms with Crippen LogP contribution in [0.5, 0.6) is 0 Å². The molecule has 1 amide bonds. The Morgan fingerprint density at radius 1 is 1.18 bits per heavy atom. The summed E-state index contributed by atoms with van der Waals surface area (Å²) in [6, 6.07) is 13.2. The van der Waals surface area contributed by atoms with E-state index in [1.165, 1.54) is 12.1 Å². The van der Waals surface area contributed by atoms with Gasteiger partial charge in [-0.25, -0.2) is 4.39 Å². The lowest BCUT2D eigenvalue weighted by molar-refractivity contribution is -0.125. The van der Waals surface area contributed by atoms with Crippen molar-refractivity contribution in [3.8, 4) is 0 Å². The highest BCUT2D eigenvalue weighted by atomic mass is 79.9. The number of carbonyl (C=O) groups is 1. The molecule has 0 aromatic heterocycles. The van der Waals surface area contributed by atoms with Gasteiger partial charge in [0, 0.05) is 16.6 Å². The molecular weight excluding hydrogens is 351 g/mol. The molecule has 0 aliphatic carbocycles. The summed E-state index contributed by atoms with van der Waals surface area (Å²) >= 11 is 3.33. The van der Waals surface area contributed by atoms with Gasteiger partial charge in [0.1, 0.15) is 5.82 Å². The first kappa shape index (κ1) is 14.7. The van der Waals surface area contributed by atoms with Crippen LogP contribution in [0.4, 0.5) is 10.1 Å². The maximum atomic E-state index is 12.9. The van der Waals surface area contributed by atoms with E-state index in [0.717, 1.165) is 10.0 Å². The molecule has 0 spiro atoms. The first-order valence-electron chi connectivity index (χ1n) is 6.67. The third-order valence-corrected chi connectivity index (χ3v) is 3.78. The molecule has 4 nitrogen and oxygen atoms in total. The SMILES string of the molecule is O=C(Nc1ccc(Br)cc1)C1CC(c2ccc(F)cc2)=NO1. The van der Waals surface area contributed by atoms with Gasteiger partial charge in [0.25, 0.3) is 5.91 Å². The molecule has 1 N–H and O–H groups in total. The van der Waals surface area contributed by atoms with Crippen molar-refractivity contribution in [3.63, 3.8) is 0 Å². The van der Waals surface area contributed by atoms with Crippen LogP contribution in [-0.4, -0.2) is 17.7 Å². The number of halogens is 2. The van der Waals surface area contributed by atoms with Gasteiger partial charge in [-0.3, -0.25) is 4.79 Å². The second-order valence-electron chi connectivity index (χ2n) is 4.84. The lowest BCUT2D eigenvalue weighted by Crippen LogP contribution is -2.28. The highest BCUT2D eigenvalue weighted by molar-refractivity contribution is 9.10. The van der Waals surface area contributed by atoms with Gasteiger partial charge in [-0.2, -0.15) is 0 Å². The Bertz CT molecular complexity index is 714. The molecule has 1 heterocycles. The van der Waals surface area contributed by atoms with E-state index in [2.05, 4.69) is 26.4 Å². The number of amides is 1. The highest BCUT2D eigenvalue weighted by Gasteiger charge is 2.28. The third kappa shape index (κ3) is 3.33. The normalized spacial score (nSPS) is 16.8. The van der Waals surface area contributed by atoms with Crippen LogP contribution >= 0.6 is 15.9 Å². The van der Waals surface area contributed by atoms with E-state index in [1.54, 1.807) is 24.3 Å². The van der Waals surface area contributed by atoms with Crippen LogP contribution in [-0.2, 0) is 9.63 Å². The number of hydrogen-bond acceptors (Lipinski definition) is 3. The molecule has 0 bridgehead atoms. The molecule has 6 heteroatoms. The van der Waals surface area contributed by atoms with Gasteiger partial charge in [0.2, 0.25) is 6.10 Å². The molecule has 3 rings (SSSR count). The van der Waals surface area contributed by atoms with Crippen molar-refractivity contribution < 1.29 is 14.0 Å². The van der Waals surface area contributed by atoms with Crippen molar-refractivity contribution in [3.05, 3.63) is 64.4 Å².